The van der Waals surface area contributed by atoms with Crippen LogP contribution < -0.4 is 10.6 Å². The Morgan fingerprint density at radius 3 is 2.36 bits per heavy atom. The number of carboxylic acids is 1. The summed E-state index contributed by atoms with van der Waals surface area (Å²) in [5, 5.41) is 56.9. The van der Waals surface area contributed by atoms with Crippen LogP contribution in [0.25, 0.3) is 0 Å². The van der Waals surface area contributed by atoms with Gasteiger partial charge in [-0.25, -0.2) is 4.79 Å². The quantitative estimate of drug-likeness (QED) is 0.0906. The highest BCUT2D eigenvalue weighted by molar-refractivity contribution is 6.30. The molecule has 234 valence electrons. The monoisotopic (exact) mass is 612 g/mol. The number of rotatable bonds is 18. The van der Waals surface area contributed by atoms with Crippen LogP contribution in [-0.4, -0.2) is 99.3 Å². The zero-order chi connectivity index (χ0) is 31.1. The minimum absolute atomic E-state index is 0.0246. The fourth-order valence-electron chi connectivity index (χ4n) is 4.63. The molecule has 0 radical (unpaired) electrons. The van der Waals surface area contributed by atoms with Gasteiger partial charge in [0.05, 0.1) is 31.3 Å². The molecular formula is C29H41ClN2O10. The fourth-order valence-corrected chi connectivity index (χ4v) is 4.75. The molecule has 1 aromatic rings. The molecule has 1 saturated heterocycles. The van der Waals surface area contributed by atoms with Crippen molar-refractivity contribution in [2.75, 3.05) is 19.8 Å². The number of hydrogen-bond acceptors (Lipinski definition) is 9. The van der Waals surface area contributed by atoms with Crippen LogP contribution in [0.5, 0.6) is 0 Å². The maximum atomic E-state index is 12.4. The zero-order valence-electron chi connectivity index (χ0n) is 23.4. The van der Waals surface area contributed by atoms with Crippen LogP contribution in [0.4, 0.5) is 0 Å². The van der Waals surface area contributed by atoms with Gasteiger partial charge in [-0.05, 0) is 30.5 Å². The molecular weight excluding hydrogens is 572 g/mol. The lowest BCUT2D eigenvalue weighted by atomic mass is 9.88. The number of carboxylic acid groups (broad SMARTS) is 1. The van der Waals surface area contributed by atoms with E-state index in [1.165, 1.54) is 0 Å². The molecule has 0 bridgehead atoms. The lowest BCUT2D eigenvalue weighted by Crippen LogP contribution is -2.68. The lowest BCUT2D eigenvalue weighted by Gasteiger charge is -2.46. The molecule has 42 heavy (non-hydrogen) atoms. The summed E-state index contributed by atoms with van der Waals surface area (Å²) in [6.45, 7) is -1.42. The van der Waals surface area contributed by atoms with E-state index in [1.807, 2.05) is 0 Å². The van der Waals surface area contributed by atoms with Gasteiger partial charge in [0, 0.05) is 24.4 Å². The predicted octanol–water partition coefficient (Wildman–Crippen LogP) is 0.509. The third-order valence-electron chi connectivity index (χ3n) is 6.94. The van der Waals surface area contributed by atoms with E-state index < -0.39 is 73.6 Å². The summed E-state index contributed by atoms with van der Waals surface area (Å²) in [7, 11) is 0. The number of nitrogens with one attached hydrogen (secondary N) is 2. The number of carbonyl (C=O) groups is 3. The Labute approximate surface area is 250 Å². The molecule has 1 aliphatic heterocycles. The maximum Gasteiger partial charge on any atom is 0.364 e. The van der Waals surface area contributed by atoms with Crippen molar-refractivity contribution in [3.05, 3.63) is 34.9 Å². The predicted molar refractivity (Wildman–Crippen MR) is 152 cm³/mol. The van der Waals surface area contributed by atoms with Crippen molar-refractivity contribution in [1.29, 1.82) is 0 Å². The number of hydrogen-bond donors (Lipinski definition) is 7. The van der Waals surface area contributed by atoms with Crippen LogP contribution in [0.3, 0.4) is 0 Å². The van der Waals surface area contributed by atoms with Crippen LogP contribution in [0, 0.1) is 12.3 Å². The first-order valence-corrected chi connectivity index (χ1v) is 14.3. The first-order chi connectivity index (χ1) is 20.0. The molecule has 6 atom stereocenters. The van der Waals surface area contributed by atoms with Crippen molar-refractivity contribution in [3.63, 3.8) is 0 Å². The molecule has 0 saturated carbocycles. The third kappa shape index (κ3) is 11.1. The molecule has 7 N–H and O–H groups in total. The normalized spacial score (nSPS) is 23.4. The summed E-state index contributed by atoms with van der Waals surface area (Å²) < 4.78 is 11.3. The number of aliphatic carboxylic acids is 1. The van der Waals surface area contributed by atoms with Crippen molar-refractivity contribution >= 4 is 29.4 Å². The van der Waals surface area contributed by atoms with Gasteiger partial charge >= 0.3 is 5.97 Å². The molecule has 1 heterocycles. The third-order valence-corrected chi connectivity index (χ3v) is 7.19. The molecule has 13 heteroatoms. The van der Waals surface area contributed by atoms with Gasteiger partial charge in [0.2, 0.25) is 11.8 Å². The standard InChI is InChI=1S/C29H41ClN2O10/c1-2-3-4-5-6-7-8-9-14-41-29(28(39)40)16-21(34)25(32-24(37)18-33)27(42-29)26(38)22(35)17-31-23(36)15-19-10-12-20(30)13-11-19/h1,10-13,21-22,25-27,33-35,38H,3-9,14-18H2,(H,31,36)(H,32,37)(H,39,40)/t21-,22+,25?,26+,27+,29+/m0/s1. The molecule has 1 aromatic carbocycles. The van der Waals surface area contributed by atoms with Gasteiger partial charge in [0.1, 0.15) is 18.8 Å². The van der Waals surface area contributed by atoms with Crippen LogP contribution >= 0.6 is 11.6 Å². The fraction of sp³-hybridized carbons (Fsp3) is 0.621. The van der Waals surface area contributed by atoms with Gasteiger partial charge in [0.25, 0.3) is 5.79 Å². The Kier molecular flexibility index (Phi) is 15.2. The van der Waals surface area contributed by atoms with Crippen LogP contribution in [-0.2, 0) is 30.3 Å². The molecule has 1 aliphatic rings. The smallest absolute Gasteiger partial charge is 0.364 e. The summed E-state index contributed by atoms with van der Waals surface area (Å²) >= 11 is 5.85. The van der Waals surface area contributed by atoms with Crippen molar-refractivity contribution in [1.82, 2.24) is 10.6 Å². The Balaban J connectivity index is 2.05. The second-order valence-electron chi connectivity index (χ2n) is 10.3. The van der Waals surface area contributed by atoms with Crippen LogP contribution in [0.2, 0.25) is 5.02 Å². The summed E-state index contributed by atoms with van der Waals surface area (Å²) in [5.41, 5.74) is 0.657. The Morgan fingerprint density at radius 2 is 1.74 bits per heavy atom. The van der Waals surface area contributed by atoms with Crippen LogP contribution in [0.1, 0.15) is 56.9 Å². The van der Waals surface area contributed by atoms with Gasteiger partial charge in [-0.3, -0.25) is 9.59 Å². The number of aliphatic hydroxyl groups excluding tert-OH is 4. The summed E-state index contributed by atoms with van der Waals surface area (Å²) in [6, 6.07) is 5.15. The number of amides is 2. The number of unbranched alkanes of at least 4 members (excludes halogenated alkanes) is 6. The maximum absolute atomic E-state index is 12.4. The van der Waals surface area contributed by atoms with E-state index in [0.717, 1.165) is 38.5 Å². The highest BCUT2D eigenvalue weighted by Gasteiger charge is 2.55. The molecule has 0 aromatic heterocycles. The molecule has 0 aliphatic carbocycles. The number of aliphatic hydroxyl groups is 4. The first kappa shape index (κ1) is 35.4. The SMILES string of the molecule is C#CCCCCCCCCO[C@]1(C(=O)O)C[C@H](O)C(NC(=O)CO)[C@H]([C@H](O)[C@H](O)CNC(=O)Cc2ccc(Cl)cc2)O1. The van der Waals surface area contributed by atoms with Crippen molar-refractivity contribution in [2.45, 2.75) is 94.0 Å². The van der Waals surface area contributed by atoms with E-state index in [9.17, 15) is 39.9 Å². The van der Waals surface area contributed by atoms with E-state index in [4.69, 9.17) is 27.5 Å². The number of halogens is 1. The molecule has 2 amide bonds. The van der Waals surface area contributed by atoms with Gasteiger partial charge in [0.15, 0.2) is 0 Å². The lowest BCUT2D eigenvalue weighted by molar-refractivity contribution is -0.310. The van der Waals surface area contributed by atoms with Crippen molar-refractivity contribution < 1.29 is 49.4 Å². The minimum Gasteiger partial charge on any atom is -0.477 e. The van der Waals surface area contributed by atoms with Crippen LogP contribution in [0.15, 0.2) is 24.3 Å². The first-order valence-electron chi connectivity index (χ1n) is 14.0. The Hall–Kier alpha value is -2.76. The van der Waals surface area contributed by atoms with E-state index in [-0.39, 0.29) is 13.0 Å². The second-order valence-corrected chi connectivity index (χ2v) is 10.7. The molecule has 2 rings (SSSR count). The number of ether oxygens (including phenoxy) is 2. The van der Waals surface area contributed by atoms with Gasteiger partial charge in [-0.1, -0.05) is 49.4 Å². The average Bonchev–Trinajstić information content (AvgIpc) is 2.96. The molecule has 1 fully saturated rings. The largest absolute Gasteiger partial charge is 0.477 e. The van der Waals surface area contributed by atoms with E-state index >= 15 is 0 Å². The van der Waals surface area contributed by atoms with Gasteiger partial charge in [-0.2, -0.15) is 0 Å². The zero-order valence-corrected chi connectivity index (χ0v) is 24.2. The van der Waals surface area contributed by atoms with Gasteiger partial charge < -0.3 is 45.6 Å². The highest BCUT2D eigenvalue weighted by atomic mass is 35.5. The van der Waals surface area contributed by atoms with E-state index in [1.54, 1.807) is 24.3 Å². The van der Waals surface area contributed by atoms with Gasteiger partial charge in [-0.15, -0.1) is 12.3 Å². The molecule has 1 unspecified atom stereocenters. The summed E-state index contributed by atoms with van der Waals surface area (Å²) in [5.74, 6) is -2.75. The van der Waals surface area contributed by atoms with Crippen molar-refractivity contribution in [2.24, 2.45) is 0 Å². The Morgan fingerprint density at radius 1 is 1.10 bits per heavy atom. The molecule has 12 nitrogen and oxygen atoms in total. The topological polar surface area (TPSA) is 195 Å². The van der Waals surface area contributed by atoms with E-state index in [2.05, 4.69) is 16.6 Å². The summed E-state index contributed by atoms with van der Waals surface area (Å²) in [6.07, 6.45) is 3.54. The average molecular weight is 613 g/mol. The molecule has 0 spiro atoms. The number of terminal acetylenes is 1. The highest BCUT2D eigenvalue weighted by Crippen LogP contribution is 2.34. The number of carbonyl (C=O) groups excluding carboxylic acids is 2. The minimum atomic E-state index is -2.38. The van der Waals surface area contributed by atoms with Crippen molar-refractivity contribution in [3.8, 4) is 12.3 Å². The number of benzene rings is 1. The Bertz CT molecular complexity index is 1050. The summed E-state index contributed by atoms with van der Waals surface area (Å²) in [4.78, 5) is 36.6. The van der Waals surface area contributed by atoms with E-state index in [0.29, 0.717) is 17.0 Å². The second kappa shape index (κ2) is 18.0.